The molecule has 0 aromatic carbocycles. The maximum atomic E-state index is 12.3. The summed E-state index contributed by atoms with van der Waals surface area (Å²) in [6.45, 7) is 8.84. The van der Waals surface area contributed by atoms with Gasteiger partial charge in [-0.15, -0.1) is 0 Å². The first kappa shape index (κ1) is 16.8. The quantitative estimate of drug-likeness (QED) is 0.766. The van der Waals surface area contributed by atoms with E-state index in [0.29, 0.717) is 26.1 Å². The summed E-state index contributed by atoms with van der Waals surface area (Å²) in [7, 11) is -3.53. The summed E-state index contributed by atoms with van der Waals surface area (Å²) in [6.07, 6.45) is 0.319. The zero-order valence-electron chi connectivity index (χ0n) is 12.2. The van der Waals surface area contributed by atoms with Crippen LogP contribution in [0.15, 0.2) is 0 Å². The summed E-state index contributed by atoms with van der Waals surface area (Å²) in [5.41, 5.74) is -0.242. The SMILES string of the molecule is C[C@H]1CN(S(=O)(=O)N[C@@H](CCO)C(C)(C)C)CCO1. The van der Waals surface area contributed by atoms with Crippen LogP contribution >= 0.6 is 0 Å². The molecule has 2 atom stereocenters. The normalized spacial score (nSPS) is 24.4. The maximum Gasteiger partial charge on any atom is 0.279 e. The minimum Gasteiger partial charge on any atom is -0.396 e. The lowest BCUT2D eigenvalue weighted by atomic mass is 9.86. The fraction of sp³-hybridized carbons (Fsp3) is 1.00. The van der Waals surface area contributed by atoms with Crippen LogP contribution in [0.4, 0.5) is 0 Å². The summed E-state index contributed by atoms with van der Waals surface area (Å²) < 4.78 is 34.2. The number of hydrogen-bond acceptors (Lipinski definition) is 4. The highest BCUT2D eigenvalue weighted by atomic mass is 32.2. The molecule has 0 unspecified atom stereocenters. The molecule has 0 spiro atoms. The Labute approximate surface area is 116 Å². The number of ether oxygens (including phenoxy) is 1. The van der Waals surface area contributed by atoms with Gasteiger partial charge in [0.25, 0.3) is 10.2 Å². The molecule has 1 saturated heterocycles. The molecule has 2 N–H and O–H groups in total. The zero-order valence-corrected chi connectivity index (χ0v) is 13.0. The molecule has 1 aliphatic rings. The lowest BCUT2D eigenvalue weighted by Gasteiger charge is -2.35. The maximum absolute atomic E-state index is 12.3. The van der Waals surface area contributed by atoms with Crippen molar-refractivity contribution in [3.8, 4) is 0 Å². The number of rotatable bonds is 5. The lowest BCUT2D eigenvalue weighted by Crippen LogP contribution is -2.54. The molecule has 0 aliphatic carbocycles. The highest BCUT2D eigenvalue weighted by molar-refractivity contribution is 7.87. The molecule has 19 heavy (non-hydrogen) atoms. The van der Waals surface area contributed by atoms with E-state index in [1.807, 2.05) is 27.7 Å². The largest absolute Gasteiger partial charge is 0.396 e. The molecule has 6 nitrogen and oxygen atoms in total. The molecule has 0 aromatic heterocycles. The summed E-state index contributed by atoms with van der Waals surface area (Å²) in [6, 6.07) is -0.291. The minimum atomic E-state index is -3.53. The standard InChI is InChI=1S/C12H26N2O4S/c1-10-9-14(6-8-18-10)19(16,17)13-11(5-7-15)12(2,3)4/h10-11,13,15H,5-9H2,1-4H3/t10-,11-/m0/s1. The van der Waals surface area contributed by atoms with Gasteiger partial charge in [-0.1, -0.05) is 20.8 Å². The van der Waals surface area contributed by atoms with Crippen molar-refractivity contribution in [3.05, 3.63) is 0 Å². The molecular formula is C12H26N2O4S. The van der Waals surface area contributed by atoms with Crippen LogP contribution in [0.5, 0.6) is 0 Å². The highest BCUT2D eigenvalue weighted by Crippen LogP contribution is 2.23. The van der Waals surface area contributed by atoms with Gasteiger partial charge in [-0.3, -0.25) is 0 Å². The number of morpholine rings is 1. The molecule has 1 aliphatic heterocycles. The van der Waals surface area contributed by atoms with E-state index in [0.717, 1.165) is 0 Å². The fourth-order valence-electron chi connectivity index (χ4n) is 2.06. The molecule has 0 radical (unpaired) electrons. The van der Waals surface area contributed by atoms with Crippen molar-refractivity contribution < 1.29 is 18.3 Å². The number of hydrogen-bond donors (Lipinski definition) is 2. The van der Waals surface area contributed by atoms with Crippen molar-refractivity contribution in [1.82, 2.24) is 9.03 Å². The molecule has 114 valence electrons. The van der Waals surface area contributed by atoms with Crippen molar-refractivity contribution in [3.63, 3.8) is 0 Å². The molecule has 1 heterocycles. The van der Waals surface area contributed by atoms with Gasteiger partial charge >= 0.3 is 0 Å². The second-order valence-electron chi connectivity index (χ2n) is 6.09. The Bertz CT molecular complexity index is 378. The number of aliphatic hydroxyl groups is 1. The first-order chi connectivity index (χ1) is 8.66. The van der Waals surface area contributed by atoms with E-state index < -0.39 is 10.2 Å². The Morgan fingerprint density at radius 3 is 2.58 bits per heavy atom. The van der Waals surface area contributed by atoms with Crippen LogP contribution < -0.4 is 4.72 Å². The Morgan fingerprint density at radius 1 is 1.47 bits per heavy atom. The predicted octanol–water partition coefficient (Wildman–Crippen LogP) is 0.339. The van der Waals surface area contributed by atoms with Crippen LogP contribution in [-0.2, 0) is 14.9 Å². The summed E-state index contributed by atoms with van der Waals surface area (Å²) >= 11 is 0. The summed E-state index contributed by atoms with van der Waals surface area (Å²) in [5.74, 6) is 0. The minimum absolute atomic E-state index is 0.0377. The monoisotopic (exact) mass is 294 g/mol. The van der Waals surface area contributed by atoms with Gasteiger partial charge in [0, 0.05) is 25.7 Å². The van der Waals surface area contributed by atoms with Crippen LogP contribution in [0.1, 0.15) is 34.1 Å². The fourth-order valence-corrected chi connectivity index (χ4v) is 3.76. The van der Waals surface area contributed by atoms with Crippen molar-refractivity contribution in [2.45, 2.75) is 46.3 Å². The molecule has 1 fully saturated rings. The highest BCUT2D eigenvalue weighted by Gasteiger charge is 2.33. The summed E-state index contributed by atoms with van der Waals surface area (Å²) in [4.78, 5) is 0. The molecular weight excluding hydrogens is 268 g/mol. The molecule has 0 aromatic rings. The predicted molar refractivity (Wildman–Crippen MR) is 74.0 cm³/mol. The van der Waals surface area contributed by atoms with Crippen molar-refractivity contribution >= 4 is 10.2 Å². The number of nitrogens with one attached hydrogen (secondary N) is 1. The molecule has 7 heteroatoms. The Kier molecular flexibility index (Phi) is 5.76. The third kappa shape index (κ3) is 5.00. The molecule has 0 saturated carbocycles. The Hall–Kier alpha value is -0.210. The van der Waals surface area contributed by atoms with Crippen molar-refractivity contribution in [1.29, 1.82) is 0 Å². The van der Waals surface area contributed by atoms with E-state index in [9.17, 15) is 8.42 Å². The van der Waals surface area contributed by atoms with Gasteiger partial charge in [0.1, 0.15) is 0 Å². The van der Waals surface area contributed by atoms with Crippen LogP contribution in [-0.4, -0.2) is 56.3 Å². The first-order valence-corrected chi connectivity index (χ1v) is 8.10. The number of aliphatic hydroxyl groups excluding tert-OH is 1. The number of nitrogens with zero attached hydrogens (tertiary/aromatic N) is 1. The summed E-state index contributed by atoms with van der Waals surface area (Å²) in [5, 5.41) is 9.08. The van der Waals surface area contributed by atoms with Gasteiger partial charge in [-0.2, -0.15) is 17.4 Å². The van der Waals surface area contributed by atoms with Crippen LogP contribution in [0, 0.1) is 5.41 Å². The van der Waals surface area contributed by atoms with Crippen LogP contribution in [0.25, 0.3) is 0 Å². The van der Waals surface area contributed by atoms with Gasteiger partial charge < -0.3 is 9.84 Å². The average Bonchev–Trinajstić information content (AvgIpc) is 2.27. The van der Waals surface area contributed by atoms with E-state index in [-0.39, 0.29) is 24.2 Å². The van der Waals surface area contributed by atoms with Crippen molar-refractivity contribution in [2.24, 2.45) is 5.41 Å². The Morgan fingerprint density at radius 2 is 2.11 bits per heavy atom. The molecule has 0 amide bonds. The van der Waals surface area contributed by atoms with E-state index in [1.165, 1.54) is 4.31 Å². The van der Waals surface area contributed by atoms with Gasteiger partial charge in [0.05, 0.1) is 12.7 Å². The second kappa shape index (κ2) is 6.49. The molecule has 1 rings (SSSR count). The smallest absolute Gasteiger partial charge is 0.279 e. The van der Waals surface area contributed by atoms with Gasteiger partial charge in [-0.05, 0) is 18.8 Å². The third-order valence-corrected chi connectivity index (χ3v) is 4.89. The zero-order chi connectivity index (χ0) is 14.7. The van der Waals surface area contributed by atoms with Gasteiger partial charge in [0.15, 0.2) is 0 Å². The average molecular weight is 294 g/mol. The van der Waals surface area contributed by atoms with Crippen LogP contribution in [0.3, 0.4) is 0 Å². The van der Waals surface area contributed by atoms with Gasteiger partial charge in [0.2, 0.25) is 0 Å². The molecule has 0 bridgehead atoms. The lowest BCUT2D eigenvalue weighted by molar-refractivity contribution is 0.00943. The first-order valence-electron chi connectivity index (χ1n) is 6.66. The van der Waals surface area contributed by atoms with E-state index in [2.05, 4.69) is 4.72 Å². The van der Waals surface area contributed by atoms with E-state index in [4.69, 9.17) is 9.84 Å². The Balaban J connectivity index is 2.76. The van der Waals surface area contributed by atoms with E-state index >= 15 is 0 Å². The topological polar surface area (TPSA) is 78.9 Å². The van der Waals surface area contributed by atoms with Crippen molar-refractivity contribution in [2.75, 3.05) is 26.3 Å². The van der Waals surface area contributed by atoms with E-state index in [1.54, 1.807) is 0 Å². The second-order valence-corrected chi connectivity index (χ2v) is 7.80. The van der Waals surface area contributed by atoms with Crippen LogP contribution in [0.2, 0.25) is 0 Å². The van der Waals surface area contributed by atoms with Gasteiger partial charge in [-0.25, -0.2) is 0 Å². The third-order valence-electron chi connectivity index (χ3n) is 3.30.